The summed E-state index contributed by atoms with van der Waals surface area (Å²) in [6.07, 6.45) is 43.1. The third-order valence-electron chi connectivity index (χ3n) is 11.4. The molecule has 6 atom stereocenters. The number of allylic oxidation sites excluding steroid dienone is 3. The normalized spacial score (nSPS) is 20.0. The van der Waals surface area contributed by atoms with Gasteiger partial charge in [-0.2, -0.15) is 0 Å². The smallest absolute Gasteiger partial charge is 0.220 e. The van der Waals surface area contributed by atoms with Gasteiger partial charge in [-0.05, 0) is 44.9 Å². The summed E-state index contributed by atoms with van der Waals surface area (Å²) in [4.78, 5) is 12.9. The summed E-state index contributed by atoms with van der Waals surface area (Å²) < 4.78 is 11.5. The molecule has 1 heterocycles. The number of aliphatic hydroxyl groups excluding tert-OH is 4. The van der Waals surface area contributed by atoms with Gasteiger partial charge in [0.2, 0.25) is 5.91 Å². The molecule has 8 nitrogen and oxygen atoms in total. The fraction of sp³-hybridized carbons (Fsp3) is 0.896. The number of carbonyl (C=O) groups excluding carboxylic acids is 1. The summed E-state index contributed by atoms with van der Waals surface area (Å²) in [6, 6.07) is -0.678. The van der Waals surface area contributed by atoms with Crippen molar-refractivity contribution in [2.24, 2.45) is 0 Å². The van der Waals surface area contributed by atoms with Gasteiger partial charge in [-0.15, -0.1) is 0 Å². The molecule has 1 fully saturated rings. The molecule has 0 aromatic rings. The quantitative estimate of drug-likeness (QED) is 0.0309. The molecule has 1 saturated heterocycles. The average molecular weight is 794 g/mol. The van der Waals surface area contributed by atoms with Gasteiger partial charge >= 0.3 is 0 Å². The molecule has 1 aliphatic rings. The molecule has 4 unspecified atom stereocenters. The van der Waals surface area contributed by atoms with Crippen LogP contribution in [0, 0.1) is 0 Å². The Hall–Kier alpha value is -1.29. The Balaban J connectivity index is 2.25. The van der Waals surface area contributed by atoms with Crippen molar-refractivity contribution in [2.75, 3.05) is 13.2 Å². The first-order valence-corrected chi connectivity index (χ1v) is 24.0. The molecular weight excluding hydrogens is 703 g/mol. The van der Waals surface area contributed by atoms with Gasteiger partial charge in [0.25, 0.3) is 0 Å². The van der Waals surface area contributed by atoms with E-state index in [-0.39, 0.29) is 18.9 Å². The largest absolute Gasteiger partial charge is 0.394 e. The lowest BCUT2D eigenvalue weighted by molar-refractivity contribution is -0.259. The van der Waals surface area contributed by atoms with Gasteiger partial charge in [0.15, 0.2) is 6.29 Å². The van der Waals surface area contributed by atoms with Gasteiger partial charge < -0.3 is 35.2 Å². The lowest BCUT2D eigenvalue weighted by Crippen LogP contribution is -2.52. The zero-order valence-corrected chi connectivity index (χ0v) is 36.5. The highest BCUT2D eigenvalue weighted by molar-refractivity contribution is 5.76. The van der Waals surface area contributed by atoms with E-state index in [4.69, 9.17) is 9.47 Å². The summed E-state index contributed by atoms with van der Waals surface area (Å²) in [7, 11) is 0. The Morgan fingerprint density at radius 1 is 0.643 bits per heavy atom. The molecule has 0 bridgehead atoms. The van der Waals surface area contributed by atoms with Crippen molar-refractivity contribution in [3.63, 3.8) is 0 Å². The highest BCUT2D eigenvalue weighted by atomic mass is 16.7. The van der Waals surface area contributed by atoms with Crippen molar-refractivity contribution < 1.29 is 34.7 Å². The maximum absolute atomic E-state index is 12.9. The minimum absolute atomic E-state index is 0.0162. The van der Waals surface area contributed by atoms with Crippen LogP contribution in [0.1, 0.15) is 226 Å². The maximum atomic E-state index is 12.9. The number of carbonyl (C=O) groups is 1. The van der Waals surface area contributed by atoms with Gasteiger partial charge in [0.1, 0.15) is 12.2 Å². The lowest BCUT2D eigenvalue weighted by atomic mass is 10.0. The molecule has 8 heteroatoms. The van der Waals surface area contributed by atoms with Gasteiger partial charge in [0.05, 0.1) is 31.5 Å². The topological polar surface area (TPSA) is 128 Å². The maximum Gasteiger partial charge on any atom is 0.220 e. The van der Waals surface area contributed by atoms with Gasteiger partial charge in [-0.1, -0.05) is 192 Å². The van der Waals surface area contributed by atoms with E-state index < -0.39 is 43.4 Å². The van der Waals surface area contributed by atoms with Gasteiger partial charge in [0, 0.05) is 12.8 Å². The van der Waals surface area contributed by atoms with E-state index in [1.54, 1.807) is 6.08 Å². The number of nitrogens with one attached hydrogen (secondary N) is 1. The van der Waals surface area contributed by atoms with Crippen LogP contribution in [0.5, 0.6) is 0 Å². The lowest BCUT2D eigenvalue weighted by Gasteiger charge is -2.36. The van der Waals surface area contributed by atoms with E-state index in [1.807, 2.05) is 6.08 Å². The molecule has 56 heavy (non-hydrogen) atoms. The van der Waals surface area contributed by atoms with Gasteiger partial charge in [-0.3, -0.25) is 4.79 Å². The first kappa shape index (κ1) is 52.7. The second-order valence-corrected chi connectivity index (χ2v) is 16.8. The molecule has 1 rings (SSSR count). The standard InChI is InChI=1S/C48H91NO7/c1-3-5-7-9-11-13-15-17-18-19-20-21-22-23-24-26-28-30-32-34-36-38-46(53)49-42(41-55-47-39-44(52)48(54)45(40-50)56-47)43(51)37-35-33-31-29-27-25-16-14-12-10-8-6-4-2/h17-18,35,37,42-45,47-48,50-52,54H,3-16,19-34,36,38-41H2,1-2H3,(H,49,53)/t42-,43+,44?,45?,47?,48?/m0/s1. The van der Waals surface area contributed by atoms with E-state index in [0.29, 0.717) is 6.42 Å². The summed E-state index contributed by atoms with van der Waals surface area (Å²) in [5, 5.41) is 43.8. The number of hydrogen-bond donors (Lipinski definition) is 5. The van der Waals surface area contributed by atoms with Crippen molar-refractivity contribution in [3.05, 3.63) is 24.3 Å². The predicted molar refractivity (Wildman–Crippen MR) is 234 cm³/mol. The molecule has 330 valence electrons. The summed E-state index contributed by atoms with van der Waals surface area (Å²) in [5.74, 6) is -0.113. The highest BCUT2D eigenvalue weighted by Gasteiger charge is 2.37. The first-order valence-electron chi connectivity index (χ1n) is 24.0. The third kappa shape index (κ3) is 30.7. The molecule has 0 aliphatic carbocycles. The minimum atomic E-state index is -1.19. The minimum Gasteiger partial charge on any atom is -0.394 e. The van der Waals surface area contributed by atoms with E-state index in [2.05, 4.69) is 31.3 Å². The number of aliphatic hydroxyl groups is 4. The monoisotopic (exact) mass is 794 g/mol. The molecule has 1 amide bonds. The first-order chi connectivity index (χ1) is 27.4. The highest BCUT2D eigenvalue weighted by Crippen LogP contribution is 2.22. The van der Waals surface area contributed by atoms with Crippen LogP contribution in [0.25, 0.3) is 0 Å². The van der Waals surface area contributed by atoms with Crippen LogP contribution in [0.15, 0.2) is 24.3 Å². The molecule has 0 aromatic heterocycles. The molecule has 5 N–H and O–H groups in total. The second-order valence-electron chi connectivity index (χ2n) is 16.8. The van der Waals surface area contributed by atoms with E-state index >= 15 is 0 Å². The van der Waals surface area contributed by atoms with E-state index in [0.717, 1.165) is 32.1 Å². The van der Waals surface area contributed by atoms with Crippen LogP contribution in [0.3, 0.4) is 0 Å². The van der Waals surface area contributed by atoms with Crippen molar-refractivity contribution in [1.29, 1.82) is 0 Å². The van der Waals surface area contributed by atoms with Crippen LogP contribution in [0.4, 0.5) is 0 Å². The van der Waals surface area contributed by atoms with Crippen LogP contribution in [0.2, 0.25) is 0 Å². The second kappa shape index (κ2) is 39.2. The molecule has 0 radical (unpaired) electrons. The summed E-state index contributed by atoms with van der Waals surface area (Å²) in [6.45, 7) is 4.07. The zero-order chi connectivity index (χ0) is 40.7. The molecule has 0 saturated carbocycles. The molecule has 0 aromatic carbocycles. The summed E-state index contributed by atoms with van der Waals surface area (Å²) in [5.41, 5.74) is 0. The fourth-order valence-electron chi connectivity index (χ4n) is 7.60. The number of unbranched alkanes of at least 4 members (excludes halogenated alkanes) is 28. The van der Waals surface area contributed by atoms with Crippen molar-refractivity contribution in [3.8, 4) is 0 Å². The molecular formula is C48H91NO7. The van der Waals surface area contributed by atoms with Crippen LogP contribution >= 0.6 is 0 Å². The number of amides is 1. The van der Waals surface area contributed by atoms with Gasteiger partial charge in [-0.25, -0.2) is 0 Å². The third-order valence-corrected chi connectivity index (χ3v) is 11.4. The van der Waals surface area contributed by atoms with Crippen LogP contribution in [-0.4, -0.2) is 76.3 Å². The van der Waals surface area contributed by atoms with E-state index in [9.17, 15) is 25.2 Å². The Bertz CT molecular complexity index is 914. The number of ether oxygens (including phenoxy) is 2. The molecule has 0 spiro atoms. The predicted octanol–water partition coefficient (Wildman–Crippen LogP) is 11.3. The summed E-state index contributed by atoms with van der Waals surface area (Å²) >= 11 is 0. The Morgan fingerprint density at radius 2 is 1.05 bits per heavy atom. The van der Waals surface area contributed by atoms with Crippen LogP contribution < -0.4 is 5.32 Å². The van der Waals surface area contributed by atoms with Crippen molar-refractivity contribution >= 4 is 5.91 Å². The van der Waals surface area contributed by atoms with Crippen molar-refractivity contribution in [2.45, 2.75) is 262 Å². The average Bonchev–Trinajstić information content (AvgIpc) is 3.19. The van der Waals surface area contributed by atoms with Crippen LogP contribution in [-0.2, 0) is 14.3 Å². The van der Waals surface area contributed by atoms with E-state index in [1.165, 1.54) is 167 Å². The zero-order valence-electron chi connectivity index (χ0n) is 36.5. The number of rotatable bonds is 40. The SMILES string of the molecule is CCCCCCCCC=CCCCCCCCCCCCCCC(=O)N[C@@H](COC1CC(O)C(O)C(CO)O1)[C@H](O)C=CCCCCCCCCCCCCC. The Kier molecular flexibility index (Phi) is 36.9. The number of hydrogen-bond acceptors (Lipinski definition) is 7. The Morgan fingerprint density at radius 3 is 1.50 bits per heavy atom. The fourth-order valence-corrected chi connectivity index (χ4v) is 7.60. The molecule has 1 aliphatic heterocycles. The van der Waals surface area contributed by atoms with Crippen molar-refractivity contribution in [1.82, 2.24) is 5.32 Å². The Labute approximate surface area is 345 Å².